The van der Waals surface area contributed by atoms with Gasteiger partial charge in [-0.05, 0) is 49.0 Å². The van der Waals surface area contributed by atoms with E-state index in [0.717, 1.165) is 16.7 Å². The van der Waals surface area contributed by atoms with E-state index in [1.807, 2.05) is 47.4 Å². The largest absolute Gasteiger partial charge is 0.467 e. The smallest absolute Gasteiger partial charge is 0.253 e. The number of rotatable bonds is 6. The molecule has 3 heterocycles. The van der Waals surface area contributed by atoms with E-state index in [1.54, 1.807) is 12.3 Å². The molecule has 33 heavy (non-hydrogen) atoms. The summed E-state index contributed by atoms with van der Waals surface area (Å²) in [6.07, 6.45) is 1.63. The van der Waals surface area contributed by atoms with Gasteiger partial charge in [0.15, 0.2) is 16.6 Å². The molecular formula is C25H23N3O4S. The highest BCUT2D eigenvalue weighted by Gasteiger charge is 2.19. The minimum absolute atomic E-state index is 0.00688. The van der Waals surface area contributed by atoms with Crippen molar-refractivity contribution in [1.82, 2.24) is 15.2 Å². The molecule has 0 spiro atoms. The lowest BCUT2D eigenvalue weighted by Gasteiger charge is -2.27. The number of thiocarbonyl (C=S) groups is 1. The first-order valence-corrected chi connectivity index (χ1v) is 11.1. The van der Waals surface area contributed by atoms with E-state index in [0.29, 0.717) is 40.8 Å². The molecule has 1 aliphatic rings. The molecule has 1 unspecified atom stereocenters. The van der Waals surface area contributed by atoms with Crippen molar-refractivity contribution in [3.63, 3.8) is 0 Å². The molecule has 8 heteroatoms. The molecule has 0 saturated heterocycles. The van der Waals surface area contributed by atoms with Gasteiger partial charge in [-0.15, -0.1) is 0 Å². The van der Waals surface area contributed by atoms with E-state index >= 15 is 0 Å². The van der Waals surface area contributed by atoms with Crippen LogP contribution in [0.2, 0.25) is 0 Å². The molecule has 1 atom stereocenters. The van der Waals surface area contributed by atoms with Gasteiger partial charge in [0.05, 0.1) is 30.9 Å². The summed E-state index contributed by atoms with van der Waals surface area (Å²) in [6, 6.07) is 19.3. The Balaban J connectivity index is 1.42. The Morgan fingerprint density at radius 1 is 1.09 bits per heavy atom. The van der Waals surface area contributed by atoms with Crippen molar-refractivity contribution in [3.8, 4) is 11.5 Å². The predicted octanol–water partition coefficient (Wildman–Crippen LogP) is 4.49. The topological polar surface area (TPSA) is 79.7 Å². The molecule has 0 bridgehead atoms. The molecule has 0 radical (unpaired) electrons. The first-order chi connectivity index (χ1) is 16.1. The quantitative estimate of drug-likeness (QED) is 0.410. The lowest BCUT2D eigenvalue weighted by molar-refractivity contribution is 0.174. The fraction of sp³-hybridized carbons (Fsp3) is 0.200. The molecule has 1 aliphatic heterocycles. The second-order valence-electron chi connectivity index (χ2n) is 7.93. The van der Waals surface area contributed by atoms with Gasteiger partial charge >= 0.3 is 0 Å². The minimum atomic E-state index is -0.176. The monoisotopic (exact) mass is 461 g/mol. The summed E-state index contributed by atoms with van der Waals surface area (Å²) < 4.78 is 16.4. The van der Waals surface area contributed by atoms with Crippen LogP contribution in [0.5, 0.6) is 11.5 Å². The average molecular weight is 462 g/mol. The van der Waals surface area contributed by atoms with Crippen molar-refractivity contribution in [2.24, 2.45) is 0 Å². The van der Waals surface area contributed by atoms with Crippen LogP contribution in [0.3, 0.4) is 0 Å². The van der Waals surface area contributed by atoms with Gasteiger partial charge in [0.2, 0.25) is 6.79 Å². The van der Waals surface area contributed by atoms with Crippen molar-refractivity contribution in [1.29, 1.82) is 0 Å². The standard InChI is InChI=1S/C25H23N3O4S/c1-16(17-6-3-2-4-7-17)26-25(33)28(14-20-8-5-9-30-20)13-19-10-18-11-22-23(32-15-31-22)12-21(18)27-24(19)29/h2-12,16H,13-15H2,1H3,(H,26,33)(H,27,29). The van der Waals surface area contributed by atoms with Crippen LogP contribution in [0.15, 0.2) is 76.1 Å². The number of pyridine rings is 1. The molecule has 4 aromatic rings. The SMILES string of the molecule is CC(NC(=S)N(Cc1ccco1)Cc1cc2cc3c(cc2[nH]c1=O)OCO3)c1ccccc1. The highest BCUT2D eigenvalue weighted by molar-refractivity contribution is 7.80. The Morgan fingerprint density at radius 3 is 2.64 bits per heavy atom. The number of nitrogens with zero attached hydrogens (tertiary/aromatic N) is 1. The van der Waals surface area contributed by atoms with Crippen LogP contribution in [-0.4, -0.2) is 21.8 Å². The highest BCUT2D eigenvalue weighted by Crippen LogP contribution is 2.35. The number of benzene rings is 2. The summed E-state index contributed by atoms with van der Waals surface area (Å²) in [5.41, 5.74) is 2.23. The van der Waals surface area contributed by atoms with Gasteiger partial charge in [0, 0.05) is 17.0 Å². The van der Waals surface area contributed by atoms with Gasteiger partial charge in [0.25, 0.3) is 5.56 Å². The molecule has 0 saturated carbocycles. The number of hydrogen-bond acceptors (Lipinski definition) is 5. The number of ether oxygens (including phenoxy) is 2. The van der Waals surface area contributed by atoms with Crippen LogP contribution in [0.4, 0.5) is 0 Å². The van der Waals surface area contributed by atoms with E-state index < -0.39 is 0 Å². The summed E-state index contributed by atoms with van der Waals surface area (Å²) in [6.45, 7) is 2.98. The predicted molar refractivity (Wildman–Crippen MR) is 129 cm³/mol. The van der Waals surface area contributed by atoms with Crippen LogP contribution in [0.1, 0.15) is 29.9 Å². The normalized spacial score (nSPS) is 13.1. The maximum Gasteiger partial charge on any atom is 0.253 e. The molecule has 2 aromatic heterocycles. The number of fused-ring (bicyclic) bond motifs is 2. The second-order valence-corrected chi connectivity index (χ2v) is 8.32. The van der Waals surface area contributed by atoms with Gasteiger partial charge < -0.3 is 29.1 Å². The lowest BCUT2D eigenvalue weighted by Crippen LogP contribution is -2.41. The van der Waals surface area contributed by atoms with Crippen LogP contribution in [-0.2, 0) is 13.1 Å². The van der Waals surface area contributed by atoms with Gasteiger partial charge in [-0.3, -0.25) is 4.79 Å². The summed E-state index contributed by atoms with van der Waals surface area (Å²) in [7, 11) is 0. The Morgan fingerprint density at radius 2 is 1.88 bits per heavy atom. The average Bonchev–Trinajstić information content (AvgIpc) is 3.50. The van der Waals surface area contributed by atoms with Crippen LogP contribution in [0, 0.1) is 0 Å². The molecule has 0 fully saturated rings. The van der Waals surface area contributed by atoms with Crippen molar-refractivity contribution in [3.05, 3.63) is 94.2 Å². The number of nitrogens with one attached hydrogen (secondary N) is 2. The Hall–Kier alpha value is -3.78. The first kappa shape index (κ1) is 21.1. The van der Waals surface area contributed by atoms with E-state index in [4.69, 9.17) is 26.1 Å². The summed E-state index contributed by atoms with van der Waals surface area (Å²) >= 11 is 5.75. The third kappa shape index (κ3) is 4.56. The van der Waals surface area contributed by atoms with Crippen molar-refractivity contribution in [2.45, 2.75) is 26.1 Å². The summed E-state index contributed by atoms with van der Waals surface area (Å²) in [5, 5.41) is 4.79. The maximum absolute atomic E-state index is 12.9. The van der Waals surface area contributed by atoms with Crippen LogP contribution >= 0.6 is 12.2 Å². The van der Waals surface area contributed by atoms with Crippen LogP contribution < -0.4 is 20.3 Å². The minimum Gasteiger partial charge on any atom is -0.467 e. The van der Waals surface area contributed by atoms with Gasteiger partial charge in [-0.25, -0.2) is 0 Å². The zero-order valence-electron chi connectivity index (χ0n) is 18.0. The third-order valence-electron chi connectivity index (χ3n) is 5.63. The molecule has 168 valence electrons. The Bertz CT molecular complexity index is 1340. The number of hydrogen-bond donors (Lipinski definition) is 2. The Labute approximate surface area is 195 Å². The molecule has 7 nitrogen and oxygen atoms in total. The third-order valence-corrected chi connectivity index (χ3v) is 6.01. The number of aromatic amines is 1. The molecule has 0 amide bonds. The molecule has 0 aliphatic carbocycles. The zero-order chi connectivity index (χ0) is 22.8. The van der Waals surface area contributed by atoms with Crippen molar-refractivity contribution >= 4 is 28.2 Å². The fourth-order valence-corrected chi connectivity index (χ4v) is 4.16. The highest BCUT2D eigenvalue weighted by atomic mass is 32.1. The second kappa shape index (κ2) is 8.99. The van der Waals surface area contributed by atoms with Crippen LogP contribution in [0.25, 0.3) is 10.9 Å². The molecule has 2 aromatic carbocycles. The molecule has 5 rings (SSSR count). The maximum atomic E-state index is 12.9. The summed E-state index contributed by atoms with van der Waals surface area (Å²) in [5.74, 6) is 2.06. The molecule has 2 N–H and O–H groups in total. The Kier molecular flexibility index (Phi) is 5.75. The number of H-pyrrole nitrogens is 1. The van der Waals surface area contributed by atoms with E-state index in [-0.39, 0.29) is 18.4 Å². The summed E-state index contributed by atoms with van der Waals surface area (Å²) in [4.78, 5) is 17.8. The number of aromatic nitrogens is 1. The lowest BCUT2D eigenvalue weighted by atomic mass is 10.1. The van der Waals surface area contributed by atoms with Crippen molar-refractivity contribution < 1.29 is 13.9 Å². The van der Waals surface area contributed by atoms with E-state index in [2.05, 4.69) is 29.4 Å². The van der Waals surface area contributed by atoms with Gasteiger partial charge in [-0.1, -0.05) is 30.3 Å². The van der Waals surface area contributed by atoms with Crippen molar-refractivity contribution in [2.75, 3.05) is 6.79 Å². The first-order valence-electron chi connectivity index (χ1n) is 10.6. The zero-order valence-corrected chi connectivity index (χ0v) is 18.9. The molecular weight excluding hydrogens is 438 g/mol. The van der Waals surface area contributed by atoms with E-state index in [1.165, 1.54) is 0 Å². The fourth-order valence-electron chi connectivity index (χ4n) is 3.86. The van der Waals surface area contributed by atoms with Gasteiger partial charge in [-0.2, -0.15) is 0 Å². The van der Waals surface area contributed by atoms with E-state index in [9.17, 15) is 4.79 Å². The number of furan rings is 1. The van der Waals surface area contributed by atoms with Gasteiger partial charge in [0.1, 0.15) is 5.76 Å².